The fourth-order valence-corrected chi connectivity index (χ4v) is 5.00. The van der Waals surface area contributed by atoms with E-state index < -0.39 is 17.5 Å². The summed E-state index contributed by atoms with van der Waals surface area (Å²) in [4.78, 5) is 22.0. The van der Waals surface area contributed by atoms with Gasteiger partial charge in [0.15, 0.2) is 0 Å². The number of nitrogen functional groups attached to an aromatic ring is 1. The maximum atomic E-state index is 13.7. The molecular formula is C32H40F2N6O2. The first kappa shape index (κ1) is 30.9. The SMILES string of the molecule is CN(C)CCCN(C)c1ccc(C(=O)N=C(N)c2cc(Cc3cc(F)cc(F)c3)ccc2N)c(NC2CCOCC2)c1. The Bertz CT molecular complexity index is 1400. The summed E-state index contributed by atoms with van der Waals surface area (Å²) < 4.78 is 32.9. The van der Waals surface area contributed by atoms with E-state index in [1.165, 1.54) is 12.1 Å². The first-order valence-electron chi connectivity index (χ1n) is 14.2. The molecule has 4 rings (SSSR count). The topological polar surface area (TPSA) is 109 Å². The van der Waals surface area contributed by atoms with Crippen molar-refractivity contribution in [3.63, 3.8) is 0 Å². The van der Waals surface area contributed by atoms with Crippen LogP contribution in [-0.4, -0.2) is 70.1 Å². The van der Waals surface area contributed by atoms with Crippen molar-refractivity contribution in [3.8, 4) is 0 Å². The molecule has 1 saturated heterocycles. The lowest BCUT2D eigenvalue weighted by atomic mass is 10.0. The predicted octanol–water partition coefficient (Wildman–Crippen LogP) is 4.66. The molecule has 0 atom stereocenters. The van der Waals surface area contributed by atoms with Crippen molar-refractivity contribution in [1.82, 2.24) is 4.90 Å². The Labute approximate surface area is 246 Å². The van der Waals surface area contributed by atoms with Crippen LogP contribution in [-0.2, 0) is 11.2 Å². The smallest absolute Gasteiger partial charge is 0.281 e. The zero-order valence-electron chi connectivity index (χ0n) is 24.5. The zero-order chi connectivity index (χ0) is 30.2. The van der Waals surface area contributed by atoms with E-state index in [9.17, 15) is 13.6 Å². The Hall–Kier alpha value is -4.02. The number of nitrogens with one attached hydrogen (secondary N) is 1. The number of anilines is 3. The highest BCUT2D eigenvalue weighted by molar-refractivity contribution is 6.12. The van der Waals surface area contributed by atoms with Crippen LogP contribution in [0.3, 0.4) is 0 Å². The molecule has 8 nitrogen and oxygen atoms in total. The number of carbonyl (C=O) groups is 1. The molecule has 0 spiro atoms. The third-order valence-electron chi connectivity index (χ3n) is 7.30. The number of hydrogen-bond acceptors (Lipinski definition) is 6. The lowest BCUT2D eigenvalue weighted by Crippen LogP contribution is -2.29. The number of ether oxygens (including phenoxy) is 1. The Balaban J connectivity index is 1.59. The molecule has 5 N–H and O–H groups in total. The van der Waals surface area contributed by atoms with Crippen LogP contribution in [0.1, 0.15) is 46.3 Å². The van der Waals surface area contributed by atoms with Gasteiger partial charge in [-0.05, 0) is 99.9 Å². The monoisotopic (exact) mass is 578 g/mol. The summed E-state index contributed by atoms with van der Waals surface area (Å²) in [5.41, 5.74) is 16.5. The van der Waals surface area contributed by atoms with E-state index in [1.54, 1.807) is 24.3 Å². The van der Waals surface area contributed by atoms with Crippen molar-refractivity contribution >= 4 is 28.8 Å². The largest absolute Gasteiger partial charge is 0.398 e. The third kappa shape index (κ3) is 8.50. The van der Waals surface area contributed by atoms with Crippen LogP contribution in [0.4, 0.5) is 25.8 Å². The van der Waals surface area contributed by atoms with Gasteiger partial charge in [-0.3, -0.25) is 4.79 Å². The van der Waals surface area contributed by atoms with Crippen LogP contribution in [0, 0.1) is 11.6 Å². The number of hydrogen-bond donors (Lipinski definition) is 3. The molecule has 10 heteroatoms. The molecule has 0 bridgehead atoms. The molecular weight excluding hydrogens is 538 g/mol. The summed E-state index contributed by atoms with van der Waals surface area (Å²) in [7, 11) is 6.14. The summed E-state index contributed by atoms with van der Waals surface area (Å²) in [5.74, 6) is -1.83. The lowest BCUT2D eigenvalue weighted by molar-refractivity contribution is 0.0904. The average Bonchev–Trinajstić information content (AvgIpc) is 2.93. The molecule has 224 valence electrons. The summed E-state index contributed by atoms with van der Waals surface area (Å²) in [6.07, 6.45) is 2.93. The number of amides is 1. The van der Waals surface area contributed by atoms with Crippen molar-refractivity contribution < 1.29 is 18.3 Å². The standard InChI is InChI=1S/C32H40F2N6O2/c1-39(2)11-4-12-40(3)26-6-7-27(30(20-26)37-25-9-13-42-14-10-25)32(41)38-31(36)28-18-21(5-8-29(28)35)15-22-16-23(33)19-24(34)17-22/h5-8,16-20,25,37H,4,9-15,35H2,1-3H3,(H2,36,38,41). The second-order valence-electron chi connectivity index (χ2n) is 11.0. The van der Waals surface area contributed by atoms with E-state index in [-0.39, 0.29) is 18.3 Å². The fourth-order valence-electron chi connectivity index (χ4n) is 5.00. The number of nitrogens with two attached hydrogens (primary N) is 2. The maximum Gasteiger partial charge on any atom is 0.281 e. The molecule has 1 aliphatic rings. The molecule has 3 aromatic carbocycles. The van der Waals surface area contributed by atoms with Gasteiger partial charge < -0.3 is 31.3 Å². The van der Waals surface area contributed by atoms with Gasteiger partial charge in [-0.25, -0.2) is 8.78 Å². The first-order chi connectivity index (χ1) is 20.1. The van der Waals surface area contributed by atoms with E-state index in [2.05, 4.69) is 34.2 Å². The van der Waals surface area contributed by atoms with Gasteiger partial charge in [0.05, 0.1) is 5.56 Å². The van der Waals surface area contributed by atoms with Gasteiger partial charge in [0.1, 0.15) is 17.5 Å². The minimum atomic E-state index is -0.650. The van der Waals surface area contributed by atoms with Crippen LogP contribution in [0.5, 0.6) is 0 Å². The maximum absolute atomic E-state index is 13.7. The quantitative estimate of drug-likeness (QED) is 0.173. The second-order valence-corrected chi connectivity index (χ2v) is 11.0. The number of halogens is 2. The highest BCUT2D eigenvalue weighted by Gasteiger charge is 2.20. The normalized spacial score (nSPS) is 14.3. The van der Waals surface area contributed by atoms with Gasteiger partial charge in [0.2, 0.25) is 0 Å². The molecule has 1 heterocycles. The van der Waals surface area contributed by atoms with Crippen molar-refractivity contribution in [2.45, 2.75) is 31.7 Å². The van der Waals surface area contributed by atoms with Crippen LogP contribution >= 0.6 is 0 Å². The van der Waals surface area contributed by atoms with Gasteiger partial charge in [-0.2, -0.15) is 4.99 Å². The van der Waals surface area contributed by atoms with Gasteiger partial charge >= 0.3 is 0 Å². The second kappa shape index (κ2) is 14.2. The molecule has 0 radical (unpaired) electrons. The highest BCUT2D eigenvalue weighted by Crippen LogP contribution is 2.27. The highest BCUT2D eigenvalue weighted by atomic mass is 19.1. The third-order valence-corrected chi connectivity index (χ3v) is 7.30. The van der Waals surface area contributed by atoms with Crippen molar-refractivity contribution in [2.75, 3.05) is 63.4 Å². The number of amidine groups is 1. The number of benzene rings is 3. The Morgan fingerprint density at radius 3 is 2.36 bits per heavy atom. The summed E-state index contributed by atoms with van der Waals surface area (Å²) >= 11 is 0. The van der Waals surface area contributed by atoms with Gasteiger partial charge in [0.25, 0.3) is 5.91 Å². The molecule has 1 fully saturated rings. The molecule has 1 amide bonds. The van der Waals surface area contributed by atoms with Crippen LogP contribution in [0.25, 0.3) is 0 Å². The fraction of sp³-hybridized carbons (Fsp3) is 0.375. The van der Waals surface area contributed by atoms with Gasteiger partial charge in [0, 0.05) is 61.5 Å². The molecule has 0 unspecified atom stereocenters. The summed E-state index contributed by atoms with van der Waals surface area (Å²) in [6, 6.07) is 14.3. The predicted molar refractivity (Wildman–Crippen MR) is 165 cm³/mol. The van der Waals surface area contributed by atoms with Crippen molar-refractivity contribution in [2.24, 2.45) is 10.7 Å². The Morgan fingerprint density at radius 1 is 0.952 bits per heavy atom. The van der Waals surface area contributed by atoms with Crippen LogP contribution < -0.4 is 21.7 Å². The van der Waals surface area contributed by atoms with Crippen LogP contribution in [0.2, 0.25) is 0 Å². The van der Waals surface area contributed by atoms with Gasteiger partial charge in [-0.15, -0.1) is 0 Å². The molecule has 1 aliphatic heterocycles. The molecule has 42 heavy (non-hydrogen) atoms. The molecule has 0 aliphatic carbocycles. The summed E-state index contributed by atoms with van der Waals surface area (Å²) in [6.45, 7) is 3.17. The van der Waals surface area contributed by atoms with Crippen LogP contribution in [0.15, 0.2) is 59.6 Å². The van der Waals surface area contributed by atoms with Crippen molar-refractivity contribution in [1.29, 1.82) is 0 Å². The van der Waals surface area contributed by atoms with E-state index in [0.29, 0.717) is 41.3 Å². The lowest BCUT2D eigenvalue weighted by Gasteiger charge is -2.27. The molecule has 0 aromatic heterocycles. The van der Waals surface area contributed by atoms with E-state index in [1.807, 2.05) is 19.2 Å². The number of carbonyl (C=O) groups excluding carboxylic acids is 1. The Morgan fingerprint density at radius 2 is 1.67 bits per heavy atom. The van der Waals surface area contributed by atoms with E-state index in [0.717, 1.165) is 49.7 Å². The molecule has 0 saturated carbocycles. The number of rotatable bonds is 11. The summed E-state index contributed by atoms with van der Waals surface area (Å²) in [5, 5.41) is 3.54. The minimum Gasteiger partial charge on any atom is -0.398 e. The van der Waals surface area contributed by atoms with Gasteiger partial charge in [-0.1, -0.05) is 6.07 Å². The Kier molecular flexibility index (Phi) is 10.5. The first-order valence-corrected chi connectivity index (χ1v) is 14.2. The zero-order valence-corrected chi connectivity index (χ0v) is 24.5. The molecule has 3 aromatic rings. The van der Waals surface area contributed by atoms with E-state index in [4.69, 9.17) is 16.2 Å². The van der Waals surface area contributed by atoms with Crippen molar-refractivity contribution in [3.05, 3.63) is 88.5 Å². The number of aliphatic imine (C=N–C) groups is 1. The average molecular weight is 579 g/mol. The minimum absolute atomic E-state index is 0.0355. The number of nitrogens with zero attached hydrogens (tertiary/aromatic N) is 3. The van der Waals surface area contributed by atoms with E-state index >= 15 is 0 Å².